The number of aliphatic imine (C=N–C) groups is 1. The van der Waals surface area contributed by atoms with Crippen molar-refractivity contribution in [2.45, 2.75) is 38.5 Å². The highest BCUT2D eigenvalue weighted by molar-refractivity contribution is 6.08. The van der Waals surface area contributed by atoms with Crippen molar-refractivity contribution in [1.29, 1.82) is 0 Å². The Kier molecular flexibility index (Phi) is 6.00. The Morgan fingerprint density at radius 2 is 2.23 bits per heavy atom. The monoisotopic (exact) mass is 477 g/mol. The van der Waals surface area contributed by atoms with Gasteiger partial charge in [0.1, 0.15) is 5.52 Å². The summed E-state index contributed by atoms with van der Waals surface area (Å²) in [4.78, 5) is 28.2. The molecule has 0 bridgehead atoms. The molecule has 1 saturated heterocycles. The summed E-state index contributed by atoms with van der Waals surface area (Å²) in [6, 6.07) is 1.96. The number of anilines is 1. The highest BCUT2D eigenvalue weighted by Gasteiger charge is 2.45. The molecule has 3 aromatic rings. The van der Waals surface area contributed by atoms with E-state index < -0.39 is 0 Å². The average Bonchev–Trinajstić information content (AvgIpc) is 3.26. The highest BCUT2D eigenvalue weighted by Crippen LogP contribution is 2.46. The normalized spacial score (nSPS) is 22.1. The number of hydrogen-bond donors (Lipinski definition) is 2. The van der Waals surface area contributed by atoms with Gasteiger partial charge in [-0.2, -0.15) is 10.1 Å². The molecule has 0 radical (unpaired) electrons. The highest BCUT2D eigenvalue weighted by atomic mass is 16.5. The first-order valence-electron chi connectivity index (χ1n) is 12.0. The second-order valence-corrected chi connectivity index (χ2v) is 9.79. The van der Waals surface area contributed by atoms with Crippen LogP contribution in [-0.2, 0) is 5.41 Å². The molecule has 0 spiro atoms. The van der Waals surface area contributed by atoms with Crippen LogP contribution in [0.2, 0.25) is 0 Å². The van der Waals surface area contributed by atoms with Gasteiger partial charge in [0.15, 0.2) is 5.82 Å². The zero-order chi connectivity index (χ0) is 24.6. The largest absolute Gasteiger partial charge is 0.404 e. The van der Waals surface area contributed by atoms with Crippen LogP contribution in [0.3, 0.4) is 0 Å². The Morgan fingerprint density at radius 3 is 2.94 bits per heavy atom. The SMILES string of the molecule is CN=CC(=CN)c1cn2nccc2c(N2CC[C@H](CNC(=O)c3noc(C4(C)CC4)n3)[C@@H](C)C2)n1. The van der Waals surface area contributed by atoms with Crippen LogP contribution in [0.15, 0.2) is 34.2 Å². The molecule has 11 heteroatoms. The maximum absolute atomic E-state index is 12.6. The van der Waals surface area contributed by atoms with E-state index in [9.17, 15) is 4.79 Å². The molecule has 1 aliphatic heterocycles. The van der Waals surface area contributed by atoms with Gasteiger partial charge in [0.25, 0.3) is 11.7 Å². The average molecular weight is 478 g/mol. The first-order chi connectivity index (χ1) is 16.9. The van der Waals surface area contributed by atoms with Crippen molar-refractivity contribution in [3.05, 3.63) is 42.1 Å². The van der Waals surface area contributed by atoms with Crippen molar-refractivity contribution in [2.24, 2.45) is 22.6 Å². The van der Waals surface area contributed by atoms with Crippen LogP contribution < -0.4 is 16.0 Å². The van der Waals surface area contributed by atoms with Crippen molar-refractivity contribution in [3.8, 4) is 0 Å². The number of piperidine rings is 1. The van der Waals surface area contributed by atoms with E-state index in [4.69, 9.17) is 15.2 Å². The molecule has 2 aliphatic rings. The molecule has 35 heavy (non-hydrogen) atoms. The van der Waals surface area contributed by atoms with E-state index in [1.54, 1.807) is 19.5 Å². The zero-order valence-corrected chi connectivity index (χ0v) is 20.3. The third kappa shape index (κ3) is 4.50. The van der Waals surface area contributed by atoms with Gasteiger partial charge < -0.3 is 20.5 Å². The number of nitrogens with zero attached hydrogens (tertiary/aromatic N) is 7. The second kappa shape index (κ2) is 9.12. The summed E-state index contributed by atoms with van der Waals surface area (Å²) in [7, 11) is 1.70. The van der Waals surface area contributed by atoms with Crippen molar-refractivity contribution in [2.75, 3.05) is 31.6 Å². The number of aromatic nitrogens is 5. The second-order valence-electron chi connectivity index (χ2n) is 9.79. The number of hydrogen-bond acceptors (Lipinski definition) is 9. The molecule has 11 nitrogen and oxygen atoms in total. The van der Waals surface area contributed by atoms with Gasteiger partial charge in [0, 0.05) is 50.1 Å². The molecule has 3 N–H and O–H groups in total. The number of rotatable bonds is 7. The molecule has 2 atom stereocenters. The van der Waals surface area contributed by atoms with E-state index >= 15 is 0 Å². The van der Waals surface area contributed by atoms with Gasteiger partial charge in [0.05, 0.1) is 18.1 Å². The summed E-state index contributed by atoms with van der Waals surface area (Å²) >= 11 is 0. The van der Waals surface area contributed by atoms with Crippen LogP contribution in [0.1, 0.15) is 55.3 Å². The van der Waals surface area contributed by atoms with E-state index in [2.05, 4.69) is 44.3 Å². The van der Waals surface area contributed by atoms with Crippen molar-refractivity contribution >= 4 is 29.0 Å². The summed E-state index contributed by atoms with van der Waals surface area (Å²) in [6.07, 6.45) is 9.78. The van der Waals surface area contributed by atoms with Crippen LogP contribution in [0.4, 0.5) is 5.82 Å². The Balaban J connectivity index is 1.25. The number of allylic oxidation sites excluding steroid dienone is 1. The first-order valence-corrected chi connectivity index (χ1v) is 12.0. The third-order valence-corrected chi connectivity index (χ3v) is 7.17. The zero-order valence-electron chi connectivity index (χ0n) is 20.3. The lowest BCUT2D eigenvalue weighted by Crippen LogP contribution is -2.44. The van der Waals surface area contributed by atoms with Crippen LogP contribution in [0.25, 0.3) is 11.1 Å². The number of amides is 1. The van der Waals surface area contributed by atoms with Gasteiger partial charge in [-0.25, -0.2) is 9.50 Å². The van der Waals surface area contributed by atoms with Crippen molar-refractivity contribution in [3.63, 3.8) is 0 Å². The van der Waals surface area contributed by atoms with E-state index in [1.807, 2.05) is 16.8 Å². The van der Waals surface area contributed by atoms with Gasteiger partial charge >= 0.3 is 0 Å². The Labute approximate surface area is 203 Å². The molecule has 1 aliphatic carbocycles. The van der Waals surface area contributed by atoms with Gasteiger partial charge in [-0.3, -0.25) is 9.79 Å². The summed E-state index contributed by atoms with van der Waals surface area (Å²) < 4.78 is 7.13. The lowest BCUT2D eigenvalue weighted by molar-refractivity contribution is 0.0926. The summed E-state index contributed by atoms with van der Waals surface area (Å²) in [6.45, 7) is 6.47. The van der Waals surface area contributed by atoms with E-state index in [0.717, 1.165) is 49.3 Å². The quantitative estimate of drug-likeness (QED) is 0.493. The lowest BCUT2D eigenvalue weighted by atomic mass is 9.86. The molecule has 1 amide bonds. The third-order valence-electron chi connectivity index (χ3n) is 7.17. The van der Waals surface area contributed by atoms with Gasteiger partial charge in [-0.1, -0.05) is 19.0 Å². The minimum atomic E-state index is -0.284. The molecular formula is C24H31N9O2. The summed E-state index contributed by atoms with van der Waals surface area (Å²) in [5.74, 6) is 1.92. The van der Waals surface area contributed by atoms with Crippen LogP contribution in [0, 0.1) is 11.8 Å². The minimum Gasteiger partial charge on any atom is -0.404 e. The fraction of sp³-hybridized carbons (Fsp3) is 0.500. The molecule has 2 fully saturated rings. The number of fused-ring (bicyclic) bond motifs is 1. The van der Waals surface area contributed by atoms with E-state index in [1.165, 1.54) is 6.20 Å². The fourth-order valence-corrected chi connectivity index (χ4v) is 4.57. The van der Waals surface area contributed by atoms with Crippen molar-refractivity contribution in [1.82, 2.24) is 30.1 Å². The Bertz CT molecular complexity index is 1290. The van der Waals surface area contributed by atoms with Gasteiger partial charge in [-0.15, -0.1) is 0 Å². The predicted molar refractivity (Wildman–Crippen MR) is 132 cm³/mol. The molecule has 4 heterocycles. The number of nitrogens with two attached hydrogens (primary N) is 1. The predicted octanol–water partition coefficient (Wildman–Crippen LogP) is 2.06. The van der Waals surface area contributed by atoms with Gasteiger partial charge in [0.2, 0.25) is 5.89 Å². The maximum atomic E-state index is 12.6. The maximum Gasteiger partial charge on any atom is 0.292 e. The van der Waals surface area contributed by atoms with Crippen LogP contribution >= 0.6 is 0 Å². The molecule has 0 unspecified atom stereocenters. The standard InChI is InChI=1S/C24H31N9O2/c1-15-13-32(21-19-4-8-28-33(19)14-18(29-21)17(10-25)11-26-3)9-5-16(15)12-27-22(34)20-30-23(35-31-20)24(2)6-7-24/h4,8,10-11,14-16H,5-7,9,12-13,25H2,1-3H3,(H,27,34)/t15-,16+/m0/s1. The van der Waals surface area contributed by atoms with Crippen molar-refractivity contribution < 1.29 is 9.32 Å². The Hall–Kier alpha value is -3.76. The molecule has 5 rings (SSSR count). The number of carbonyl (C=O) groups excluding carboxylic acids is 1. The van der Waals surface area contributed by atoms with E-state index in [0.29, 0.717) is 30.0 Å². The number of carbonyl (C=O) groups is 1. The van der Waals surface area contributed by atoms with Crippen LogP contribution in [-0.4, -0.2) is 63.5 Å². The smallest absolute Gasteiger partial charge is 0.292 e. The lowest BCUT2D eigenvalue weighted by Gasteiger charge is -2.38. The Morgan fingerprint density at radius 1 is 1.40 bits per heavy atom. The molecule has 184 valence electrons. The van der Waals surface area contributed by atoms with Gasteiger partial charge in [-0.05, 0) is 37.2 Å². The molecule has 0 aromatic carbocycles. The summed E-state index contributed by atoms with van der Waals surface area (Å²) in [5, 5.41) is 11.3. The van der Waals surface area contributed by atoms with Crippen LogP contribution in [0.5, 0.6) is 0 Å². The molecule has 1 saturated carbocycles. The van der Waals surface area contributed by atoms with E-state index in [-0.39, 0.29) is 17.1 Å². The minimum absolute atomic E-state index is 0.0524. The summed E-state index contributed by atoms with van der Waals surface area (Å²) in [5.41, 5.74) is 8.15. The first kappa shape index (κ1) is 23.0. The fourth-order valence-electron chi connectivity index (χ4n) is 4.57. The molecule has 3 aromatic heterocycles. The topological polar surface area (TPSA) is 140 Å². The number of nitrogens with one attached hydrogen (secondary N) is 1. The molecular weight excluding hydrogens is 446 g/mol.